The molecule has 1 saturated heterocycles. The second-order valence-electron chi connectivity index (χ2n) is 4.36. The Morgan fingerprint density at radius 2 is 1.88 bits per heavy atom. The summed E-state index contributed by atoms with van der Waals surface area (Å²) >= 11 is 5.82. The van der Waals surface area contributed by atoms with Crippen LogP contribution in [0.25, 0.3) is 0 Å². The van der Waals surface area contributed by atoms with Gasteiger partial charge >= 0.3 is 0 Å². The van der Waals surface area contributed by atoms with Crippen molar-refractivity contribution in [2.24, 2.45) is 0 Å². The van der Waals surface area contributed by atoms with Gasteiger partial charge < -0.3 is 0 Å². The summed E-state index contributed by atoms with van der Waals surface area (Å²) in [5.41, 5.74) is 0. The molecule has 6 heteroatoms. The Bertz CT molecular complexity index is 300. The zero-order chi connectivity index (χ0) is 12.2. The highest BCUT2D eigenvalue weighted by atomic mass is 35.5. The van der Waals surface area contributed by atoms with Crippen molar-refractivity contribution in [3.63, 3.8) is 0 Å². The summed E-state index contributed by atoms with van der Waals surface area (Å²) in [6.07, 6.45) is 3.76. The summed E-state index contributed by atoms with van der Waals surface area (Å²) in [5, 5.41) is 0.0130. The van der Waals surface area contributed by atoms with Gasteiger partial charge in [-0.05, 0) is 26.2 Å². The first-order valence-corrected chi connectivity index (χ1v) is 7.63. The Hall–Kier alpha value is 0.160. The maximum atomic E-state index is 12.1. The van der Waals surface area contributed by atoms with Crippen molar-refractivity contribution in [3.8, 4) is 0 Å². The molecule has 0 aromatic rings. The van der Waals surface area contributed by atoms with Crippen LogP contribution < -0.4 is 0 Å². The summed E-state index contributed by atoms with van der Waals surface area (Å²) in [6.45, 7) is 3.68. The Balaban J connectivity index is 2.54. The molecule has 0 radical (unpaired) electrons. The molecule has 1 aliphatic heterocycles. The molecule has 1 rings (SSSR count). The average Bonchev–Trinajstić information content (AvgIpc) is 2.27. The monoisotopic (exact) mass is 268 g/mol. The zero-order valence-electron chi connectivity index (χ0n) is 10.0. The van der Waals surface area contributed by atoms with E-state index in [-0.39, 0.29) is 5.38 Å². The predicted octanol–water partition coefficient (Wildman–Crippen LogP) is 1.67. The largest absolute Gasteiger partial charge is 0.281 e. The third kappa shape index (κ3) is 3.87. The van der Waals surface area contributed by atoms with Gasteiger partial charge in [0.1, 0.15) is 0 Å². The molecule has 4 nitrogen and oxygen atoms in total. The molecule has 0 N–H and O–H groups in total. The number of piperidine rings is 1. The lowest BCUT2D eigenvalue weighted by atomic mass is 10.2. The molecule has 0 spiro atoms. The fraction of sp³-hybridized carbons (Fsp3) is 1.00. The predicted molar refractivity (Wildman–Crippen MR) is 66.9 cm³/mol. The van der Waals surface area contributed by atoms with E-state index in [9.17, 15) is 8.42 Å². The normalized spacial score (nSPS) is 21.2. The van der Waals surface area contributed by atoms with Gasteiger partial charge in [0.15, 0.2) is 0 Å². The van der Waals surface area contributed by atoms with Gasteiger partial charge in [-0.2, -0.15) is 17.0 Å². The van der Waals surface area contributed by atoms with Gasteiger partial charge in [0.05, 0.1) is 0 Å². The van der Waals surface area contributed by atoms with Crippen molar-refractivity contribution >= 4 is 21.8 Å². The molecular weight excluding hydrogens is 248 g/mol. The first-order valence-electron chi connectivity index (χ1n) is 5.80. The molecule has 1 atom stereocenters. The van der Waals surface area contributed by atoms with Gasteiger partial charge in [-0.1, -0.05) is 6.42 Å². The zero-order valence-corrected chi connectivity index (χ0v) is 11.6. The van der Waals surface area contributed by atoms with Gasteiger partial charge in [0.2, 0.25) is 0 Å². The van der Waals surface area contributed by atoms with Gasteiger partial charge in [0, 0.05) is 32.1 Å². The number of nitrogens with zero attached hydrogens (tertiary/aromatic N) is 2. The number of hydrogen-bond acceptors (Lipinski definition) is 2. The van der Waals surface area contributed by atoms with Crippen LogP contribution in [0.1, 0.15) is 32.6 Å². The molecule has 0 aromatic carbocycles. The molecule has 0 aliphatic carbocycles. The van der Waals surface area contributed by atoms with E-state index in [2.05, 4.69) is 0 Å². The molecule has 1 unspecified atom stereocenters. The van der Waals surface area contributed by atoms with Crippen LogP contribution in [0.4, 0.5) is 0 Å². The second-order valence-corrected chi connectivity index (χ2v) is 7.14. The standard InChI is InChI=1S/C10H21ClN2O2S/c1-10(11)6-9-12(2)16(14,15)13-7-4-3-5-8-13/h10H,3-9H2,1-2H3. The quantitative estimate of drug-likeness (QED) is 0.712. The van der Waals surface area contributed by atoms with E-state index >= 15 is 0 Å². The maximum Gasteiger partial charge on any atom is 0.281 e. The lowest BCUT2D eigenvalue weighted by Crippen LogP contribution is -2.44. The number of halogens is 1. The Morgan fingerprint density at radius 3 is 2.38 bits per heavy atom. The minimum absolute atomic E-state index is 0.0130. The minimum Gasteiger partial charge on any atom is -0.195 e. The van der Waals surface area contributed by atoms with Crippen molar-refractivity contribution in [1.82, 2.24) is 8.61 Å². The van der Waals surface area contributed by atoms with E-state index < -0.39 is 10.2 Å². The SMILES string of the molecule is CC(Cl)CCN(C)S(=O)(=O)N1CCCCC1. The third-order valence-corrected chi connectivity index (χ3v) is 5.08. The van der Waals surface area contributed by atoms with E-state index in [1.807, 2.05) is 6.92 Å². The summed E-state index contributed by atoms with van der Waals surface area (Å²) in [5.74, 6) is 0. The van der Waals surface area contributed by atoms with Crippen molar-refractivity contribution in [1.29, 1.82) is 0 Å². The first-order chi connectivity index (χ1) is 7.44. The van der Waals surface area contributed by atoms with Crippen molar-refractivity contribution in [2.45, 2.75) is 38.0 Å². The van der Waals surface area contributed by atoms with Gasteiger partial charge in [0.25, 0.3) is 10.2 Å². The third-order valence-electron chi connectivity index (χ3n) is 2.88. The first kappa shape index (κ1) is 14.2. The van der Waals surface area contributed by atoms with Crippen LogP contribution in [0.2, 0.25) is 0 Å². The van der Waals surface area contributed by atoms with Gasteiger partial charge in [-0.3, -0.25) is 0 Å². The van der Waals surface area contributed by atoms with E-state index in [1.165, 1.54) is 4.31 Å². The summed E-state index contributed by atoms with van der Waals surface area (Å²) in [7, 11) is -1.62. The van der Waals surface area contributed by atoms with Crippen LogP contribution in [0, 0.1) is 0 Å². The Morgan fingerprint density at radius 1 is 1.31 bits per heavy atom. The number of hydrogen-bond donors (Lipinski definition) is 0. The number of rotatable bonds is 5. The fourth-order valence-corrected chi connectivity index (χ4v) is 3.32. The Labute approximate surface area is 104 Å². The average molecular weight is 269 g/mol. The molecule has 1 heterocycles. The van der Waals surface area contributed by atoms with Gasteiger partial charge in [-0.25, -0.2) is 0 Å². The minimum atomic E-state index is -3.25. The topological polar surface area (TPSA) is 40.6 Å². The molecule has 0 bridgehead atoms. The highest BCUT2D eigenvalue weighted by Crippen LogP contribution is 2.16. The van der Waals surface area contributed by atoms with Crippen LogP contribution in [-0.4, -0.2) is 49.1 Å². The maximum absolute atomic E-state index is 12.1. The van der Waals surface area contributed by atoms with Crippen LogP contribution in [-0.2, 0) is 10.2 Å². The molecule has 1 aliphatic rings. The van der Waals surface area contributed by atoms with E-state index in [0.29, 0.717) is 26.1 Å². The van der Waals surface area contributed by atoms with Crippen LogP contribution in [0.5, 0.6) is 0 Å². The summed E-state index contributed by atoms with van der Waals surface area (Å²) in [6, 6.07) is 0. The Kier molecular flexibility index (Phi) is 5.50. The smallest absolute Gasteiger partial charge is 0.195 e. The van der Waals surface area contributed by atoms with Gasteiger partial charge in [-0.15, -0.1) is 11.6 Å². The van der Waals surface area contributed by atoms with Crippen molar-refractivity contribution < 1.29 is 8.42 Å². The van der Waals surface area contributed by atoms with Crippen LogP contribution in [0.3, 0.4) is 0 Å². The molecule has 96 valence electrons. The van der Waals surface area contributed by atoms with E-state index in [0.717, 1.165) is 19.3 Å². The highest BCUT2D eigenvalue weighted by Gasteiger charge is 2.27. The summed E-state index contributed by atoms with van der Waals surface area (Å²) in [4.78, 5) is 0. The molecule has 0 saturated carbocycles. The fourth-order valence-electron chi connectivity index (χ4n) is 1.77. The summed E-state index contributed by atoms with van der Waals surface area (Å²) < 4.78 is 27.2. The lowest BCUT2D eigenvalue weighted by molar-refractivity contribution is 0.314. The highest BCUT2D eigenvalue weighted by molar-refractivity contribution is 7.86. The molecular formula is C10H21ClN2O2S. The molecule has 16 heavy (non-hydrogen) atoms. The molecule has 0 amide bonds. The molecule has 0 aromatic heterocycles. The second kappa shape index (κ2) is 6.19. The van der Waals surface area contributed by atoms with E-state index in [1.54, 1.807) is 11.4 Å². The lowest BCUT2D eigenvalue weighted by Gasteiger charge is -2.30. The molecule has 1 fully saturated rings. The number of alkyl halides is 1. The van der Waals surface area contributed by atoms with E-state index in [4.69, 9.17) is 11.6 Å². The van der Waals surface area contributed by atoms with Crippen molar-refractivity contribution in [3.05, 3.63) is 0 Å². The van der Waals surface area contributed by atoms with Crippen LogP contribution >= 0.6 is 11.6 Å². The van der Waals surface area contributed by atoms with Crippen LogP contribution in [0.15, 0.2) is 0 Å². The van der Waals surface area contributed by atoms with Crippen molar-refractivity contribution in [2.75, 3.05) is 26.7 Å².